The van der Waals surface area contributed by atoms with E-state index in [9.17, 15) is 14.9 Å². The second-order valence-corrected chi connectivity index (χ2v) is 32.1. The van der Waals surface area contributed by atoms with E-state index in [1.54, 1.807) is 29.2 Å². The highest BCUT2D eigenvalue weighted by molar-refractivity contribution is 6.16. The number of hydrogen-bond acceptors (Lipinski definition) is 18. The molecule has 8 N–H and O–H groups in total. The van der Waals surface area contributed by atoms with Crippen molar-refractivity contribution in [1.82, 2.24) is 60.0 Å². The van der Waals surface area contributed by atoms with Gasteiger partial charge >= 0.3 is 6.03 Å². The number of carbonyl (C=O) groups is 4. The Morgan fingerprint density at radius 3 is 1.31 bits per heavy atom. The molecule has 5 fully saturated rings. The molecule has 0 bridgehead atoms. The second-order valence-electron chi connectivity index (χ2n) is 32.1. The predicted molar refractivity (Wildman–Crippen MR) is 473 cm³/mol. The summed E-state index contributed by atoms with van der Waals surface area (Å²) >= 11 is 0. The fourth-order valence-corrected chi connectivity index (χ4v) is 17.6. The molecule has 1 saturated carbocycles. The van der Waals surface area contributed by atoms with Crippen LogP contribution in [0.5, 0.6) is 0 Å². The van der Waals surface area contributed by atoms with Crippen LogP contribution in [0.3, 0.4) is 0 Å². The number of H-pyrrole nitrogens is 3. The molecule has 118 heavy (non-hydrogen) atoms. The van der Waals surface area contributed by atoms with Crippen LogP contribution >= 0.6 is 0 Å². The first kappa shape index (κ1) is 77.5. The molecule has 27 nitrogen and oxygen atoms in total. The Morgan fingerprint density at radius 2 is 0.881 bits per heavy atom. The van der Waals surface area contributed by atoms with Gasteiger partial charge in [0.1, 0.15) is 11.5 Å². The number of piperazine rings is 3. The van der Waals surface area contributed by atoms with E-state index in [1.807, 2.05) is 184 Å². The van der Waals surface area contributed by atoms with E-state index in [4.69, 9.17) is 26.1 Å². The molecule has 3 atom stereocenters. The van der Waals surface area contributed by atoms with E-state index >= 15 is 14.4 Å². The van der Waals surface area contributed by atoms with E-state index in [1.165, 1.54) is 16.8 Å². The molecule has 4 aliphatic heterocycles. The van der Waals surface area contributed by atoms with Gasteiger partial charge in [-0.25, -0.2) is 4.79 Å². The first-order valence-electron chi connectivity index (χ1n) is 40.6. The quantitative estimate of drug-likeness (QED) is 0.0218. The number of rotatable bonds is 24. The lowest BCUT2D eigenvalue weighted by atomic mass is 9.60. The van der Waals surface area contributed by atoms with Gasteiger partial charge in [0.05, 0.1) is 89.8 Å². The lowest BCUT2D eigenvalue weighted by molar-refractivity contribution is -0.384. The number of primary amides is 1. The van der Waals surface area contributed by atoms with Gasteiger partial charge in [-0.1, -0.05) is 127 Å². The number of nitrogens with one attached hydrogen (secondary N) is 6. The van der Waals surface area contributed by atoms with Crippen LogP contribution in [0.1, 0.15) is 76.3 Å². The van der Waals surface area contributed by atoms with E-state index in [0.717, 1.165) is 88.9 Å². The highest BCUT2D eigenvalue weighted by atomic mass is 16.6. The number of nitrogens with zero attached hydrogens (tertiary/aromatic N) is 14. The van der Waals surface area contributed by atoms with Gasteiger partial charge in [0.25, 0.3) is 5.69 Å². The van der Waals surface area contributed by atoms with Crippen molar-refractivity contribution in [2.75, 3.05) is 162 Å². The third-order valence-electron chi connectivity index (χ3n) is 24.0. The summed E-state index contributed by atoms with van der Waals surface area (Å²) in [5.74, 6) is -3.74. The Balaban J connectivity index is 0.941. The average molecular weight is 1580 g/mol. The van der Waals surface area contributed by atoms with Crippen LogP contribution < -0.4 is 41.3 Å². The second kappa shape index (κ2) is 33.3. The summed E-state index contributed by atoms with van der Waals surface area (Å²) < 4.78 is 1.20. The predicted octanol–water partition coefficient (Wildman–Crippen LogP) is 13.1. The number of likely N-dealkylation sites (N-methyl/N-ethyl adjacent to an activating group) is 4. The van der Waals surface area contributed by atoms with Gasteiger partial charge in [0.2, 0.25) is 17.7 Å². The minimum absolute atomic E-state index is 0.0663. The topological polar surface area (TPSA) is 303 Å². The van der Waals surface area contributed by atoms with E-state index in [0.29, 0.717) is 162 Å². The lowest BCUT2D eigenvalue weighted by Gasteiger charge is -2.48. The summed E-state index contributed by atoms with van der Waals surface area (Å²) in [5, 5.41) is 55.1. The van der Waals surface area contributed by atoms with E-state index in [-0.39, 0.29) is 5.69 Å². The minimum atomic E-state index is -2.34. The van der Waals surface area contributed by atoms with Gasteiger partial charge in [-0.3, -0.25) is 44.7 Å². The van der Waals surface area contributed by atoms with Crippen LogP contribution in [0.25, 0.3) is 92.2 Å². The molecule has 4 aromatic heterocycles. The van der Waals surface area contributed by atoms with Gasteiger partial charge in [-0.15, -0.1) is 0 Å². The van der Waals surface area contributed by atoms with Crippen LogP contribution in [0.2, 0.25) is 0 Å². The number of fused-ring (bicyclic) bond motifs is 4. The maximum absolute atomic E-state index is 19.0. The number of nitrogens with two attached hydrogens (primary N) is 1. The summed E-state index contributed by atoms with van der Waals surface area (Å²) in [7, 11) is 9.89. The summed E-state index contributed by atoms with van der Waals surface area (Å²) in [6.45, 7) is 8.82. The number of anilines is 7. The molecular formula is C91H97N21O6. The van der Waals surface area contributed by atoms with Crippen molar-refractivity contribution in [3.63, 3.8) is 0 Å². The zero-order valence-corrected chi connectivity index (χ0v) is 67.0. The first-order valence-corrected chi connectivity index (χ1v) is 40.6. The van der Waals surface area contributed by atoms with E-state index < -0.39 is 52.0 Å². The molecule has 3 unspecified atom stereocenters. The van der Waals surface area contributed by atoms with Crippen molar-refractivity contribution < 1.29 is 24.1 Å². The van der Waals surface area contributed by atoms with Gasteiger partial charge in [0.15, 0.2) is 0 Å². The number of amides is 4. The molecule has 602 valence electrons. The monoisotopic (exact) mass is 1580 g/mol. The molecule has 8 aromatic carbocycles. The molecule has 5 aliphatic rings. The lowest BCUT2D eigenvalue weighted by Crippen LogP contribution is -2.66. The molecule has 1 aliphatic carbocycles. The Hall–Kier alpha value is -13.1. The summed E-state index contributed by atoms with van der Waals surface area (Å²) in [6.07, 6.45) is 18.0. The molecule has 27 heteroatoms. The Kier molecular flexibility index (Phi) is 21.8. The summed E-state index contributed by atoms with van der Waals surface area (Å²) in [5.41, 5.74) is 16.4. The number of aromatic amines is 3. The molecule has 4 amide bonds. The largest absolute Gasteiger partial charge is 0.370 e. The number of benzene rings is 8. The average Bonchev–Trinajstić information content (AvgIpc) is 1.30. The highest BCUT2D eigenvalue weighted by Crippen LogP contribution is 2.55. The Morgan fingerprint density at radius 1 is 0.475 bits per heavy atom. The zero-order valence-electron chi connectivity index (χ0n) is 67.0. The fourth-order valence-electron chi connectivity index (χ4n) is 17.6. The van der Waals surface area contributed by atoms with Crippen LogP contribution in [0.4, 0.5) is 50.3 Å². The van der Waals surface area contributed by atoms with Gasteiger partial charge < -0.3 is 56.0 Å². The normalized spacial score (nSPS) is 17.2. The number of nitro benzene ring substituents is 1. The third kappa shape index (κ3) is 15.8. The highest BCUT2D eigenvalue weighted by Gasteiger charge is 2.64. The van der Waals surface area contributed by atoms with Crippen molar-refractivity contribution in [3.05, 3.63) is 224 Å². The first-order chi connectivity index (χ1) is 57.4. The maximum atomic E-state index is 19.0. The van der Waals surface area contributed by atoms with Gasteiger partial charge in [-0.2, -0.15) is 25.1 Å². The standard InChI is InChI=1S/C91H97N21O6/c1-103(2)86(88(114)94-78-53-66-71(33-27-60-20-11-7-12-21-60)97-100-75(66)56-83(78)110-48-42-106(5)43-49-110)91(69-51-68-73(35-28-61-22-13-8-14-23-61)102-111(90(92)116)80(68)58-81(69)108-44-38-104(3)39-45-108,89(115)95-79-54-67-72(34-29-62-24-17-25-64(50-62)112(117)118)98-101-76(67)57-84(79)107-36-15-16-37-107)85(63-30-31-63)87(113)93-77-52-65-70(32-26-59-18-9-6-10-19-59)96-99-74(65)55-82(77)109-46-40-105(4)41-47-109/h6-14,17-29,32-35,50-58,63,85-86H,15-16,30-31,36-49H2,1-5H3,(H2,92,116)(H,93,113)(H,94,114)(H,95,115)(H,96,99)(H,97,100)(H,98,101). The van der Waals surface area contributed by atoms with Crippen LogP contribution in [-0.4, -0.2) is 222 Å². The van der Waals surface area contributed by atoms with Gasteiger partial charge in [-0.05, 0) is 167 Å². The van der Waals surface area contributed by atoms with Crippen molar-refractivity contribution in [1.29, 1.82) is 0 Å². The number of non-ortho nitro benzene ring substituents is 1. The molecular weight excluding hydrogens is 1480 g/mol. The summed E-state index contributed by atoms with van der Waals surface area (Å²) in [6, 6.07) is 49.4. The number of nitro groups is 1. The van der Waals surface area contributed by atoms with Gasteiger partial charge in [0, 0.05) is 131 Å². The zero-order chi connectivity index (χ0) is 81.3. The van der Waals surface area contributed by atoms with Crippen LogP contribution in [0, 0.1) is 22.0 Å². The van der Waals surface area contributed by atoms with Crippen molar-refractivity contribution in [2.45, 2.75) is 37.1 Å². The molecule has 17 rings (SSSR count). The van der Waals surface area contributed by atoms with Crippen molar-refractivity contribution >= 4 is 161 Å². The van der Waals surface area contributed by atoms with Crippen molar-refractivity contribution in [3.8, 4) is 0 Å². The van der Waals surface area contributed by atoms with Crippen molar-refractivity contribution in [2.24, 2.45) is 17.6 Å². The molecule has 0 spiro atoms. The molecule has 12 aromatic rings. The van der Waals surface area contributed by atoms with E-state index in [2.05, 4.69) is 92.8 Å². The molecule has 8 heterocycles. The SMILES string of the molecule is CN1CCN(c2cc3[nH]nc(C=Cc4ccccc4)c3cc2NC(=O)C(C2CC2)C(C(=O)Nc2cc3c(C=Cc4cccc([N+](=O)[O-])c4)n[nH]c3cc2N2CCCC2)(c2cc3c(C=Cc4ccccc4)nn(C(N)=O)c3cc2N2CCN(C)CC2)C(C(=O)Nc2cc3c(C=Cc4ccccc4)n[nH]c3cc2N2CCN(C)CC2)N(C)C)CC1. The number of hydrogen-bond donors (Lipinski definition) is 7. The smallest absolute Gasteiger partial charge is 0.340 e. The van der Waals surface area contributed by atoms with Crippen LogP contribution in [0.15, 0.2) is 164 Å². The maximum Gasteiger partial charge on any atom is 0.340 e. The third-order valence-corrected chi connectivity index (χ3v) is 24.0. The Labute approximate surface area is 683 Å². The summed E-state index contributed by atoms with van der Waals surface area (Å²) in [4.78, 5) is 98.5. The molecule has 4 saturated heterocycles. The number of carbonyl (C=O) groups excluding carboxylic acids is 4. The molecule has 0 radical (unpaired) electrons. The minimum Gasteiger partial charge on any atom is -0.370 e. The van der Waals surface area contributed by atoms with Crippen LogP contribution in [-0.2, 0) is 19.8 Å². The number of aromatic nitrogens is 8. The Bertz CT molecular complexity index is 5720. The fraction of sp³-hybridized carbons (Fsp3) is 0.297.